The van der Waals surface area contributed by atoms with E-state index in [0.29, 0.717) is 0 Å². The molecule has 11 aromatic rings. The fraction of sp³-hybridized carbons (Fsp3) is 0.0625. The third kappa shape index (κ3) is 5.61. The first-order valence-electron chi connectivity index (χ1n) is 23.0. The summed E-state index contributed by atoms with van der Waals surface area (Å²) in [5.74, 6) is 0. The van der Waals surface area contributed by atoms with Crippen LogP contribution in [0.2, 0.25) is 0 Å². The Kier molecular flexibility index (Phi) is 8.51. The van der Waals surface area contributed by atoms with Crippen molar-refractivity contribution in [3.8, 4) is 44.5 Å². The van der Waals surface area contributed by atoms with Gasteiger partial charge in [0, 0.05) is 39.3 Å². The molecule has 2 nitrogen and oxygen atoms in total. The van der Waals surface area contributed by atoms with Crippen molar-refractivity contribution >= 4 is 39.0 Å². The van der Waals surface area contributed by atoms with Gasteiger partial charge in [-0.25, -0.2) is 0 Å². The van der Waals surface area contributed by atoms with Gasteiger partial charge in [-0.3, -0.25) is 0 Å². The summed E-state index contributed by atoms with van der Waals surface area (Å²) < 4.78 is 6.62. The Labute approximate surface area is 385 Å². The maximum absolute atomic E-state index is 6.62. The van der Waals surface area contributed by atoms with Gasteiger partial charge in [0.25, 0.3) is 0 Å². The molecule has 66 heavy (non-hydrogen) atoms. The molecule has 0 spiro atoms. The van der Waals surface area contributed by atoms with Crippen LogP contribution in [-0.4, -0.2) is 0 Å². The number of para-hydroxylation sites is 1. The normalized spacial score (nSPS) is 15.3. The number of anilines is 3. The Balaban J connectivity index is 1.08. The summed E-state index contributed by atoms with van der Waals surface area (Å²) in [5.41, 5.74) is 21.8. The van der Waals surface area contributed by atoms with E-state index < -0.39 is 5.41 Å². The highest BCUT2D eigenvalue weighted by molar-refractivity contribution is 6.06. The monoisotopic (exact) mass is 843 g/mol. The first-order chi connectivity index (χ1) is 32.5. The molecule has 0 bridgehead atoms. The van der Waals surface area contributed by atoms with Crippen LogP contribution in [0, 0.1) is 0 Å². The molecule has 2 aliphatic carbocycles. The predicted molar refractivity (Wildman–Crippen MR) is 274 cm³/mol. The molecule has 2 heteroatoms. The second-order valence-electron chi connectivity index (χ2n) is 18.4. The van der Waals surface area contributed by atoms with E-state index in [1.54, 1.807) is 0 Å². The molecule has 0 amide bonds. The van der Waals surface area contributed by atoms with Gasteiger partial charge in [0.05, 0.1) is 5.41 Å². The van der Waals surface area contributed by atoms with Crippen molar-refractivity contribution in [2.75, 3.05) is 4.90 Å². The number of hydrogen-bond acceptors (Lipinski definition) is 2. The quantitative estimate of drug-likeness (QED) is 0.159. The summed E-state index contributed by atoms with van der Waals surface area (Å²) in [6.45, 7) is 4.76. The van der Waals surface area contributed by atoms with Crippen LogP contribution in [0.25, 0.3) is 66.4 Å². The van der Waals surface area contributed by atoms with Crippen molar-refractivity contribution in [1.29, 1.82) is 0 Å². The van der Waals surface area contributed by atoms with Gasteiger partial charge in [0.1, 0.15) is 11.2 Å². The maximum Gasteiger partial charge on any atom is 0.137 e. The van der Waals surface area contributed by atoms with Crippen LogP contribution >= 0.6 is 0 Å². The van der Waals surface area contributed by atoms with E-state index in [1.807, 2.05) is 6.07 Å². The van der Waals surface area contributed by atoms with Crippen LogP contribution in [-0.2, 0) is 10.8 Å². The molecule has 1 atom stereocenters. The van der Waals surface area contributed by atoms with Crippen LogP contribution in [0.5, 0.6) is 0 Å². The fourth-order valence-corrected chi connectivity index (χ4v) is 11.5. The molecule has 1 unspecified atom stereocenters. The van der Waals surface area contributed by atoms with Crippen molar-refractivity contribution < 1.29 is 4.42 Å². The summed E-state index contributed by atoms with van der Waals surface area (Å²) in [6, 6.07) is 87.1. The van der Waals surface area contributed by atoms with Crippen LogP contribution in [0.1, 0.15) is 47.2 Å². The Hall–Kier alpha value is -8.20. The molecule has 0 fully saturated rings. The molecule has 13 rings (SSSR count). The molecule has 0 radical (unpaired) electrons. The van der Waals surface area contributed by atoms with E-state index in [4.69, 9.17) is 4.42 Å². The van der Waals surface area contributed by atoms with Crippen molar-refractivity contribution in [3.05, 3.63) is 270 Å². The van der Waals surface area contributed by atoms with Gasteiger partial charge < -0.3 is 9.32 Å². The van der Waals surface area contributed by atoms with Crippen molar-refractivity contribution in [2.45, 2.75) is 24.7 Å². The number of hydrogen-bond donors (Lipinski definition) is 0. The largest absolute Gasteiger partial charge is 0.456 e. The Morgan fingerprint density at radius 1 is 0.333 bits per heavy atom. The van der Waals surface area contributed by atoms with E-state index in [1.165, 1.54) is 77.9 Å². The summed E-state index contributed by atoms with van der Waals surface area (Å²) in [6.07, 6.45) is 0. The molecule has 2 aliphatic rings. The number of furan rings is 1. The zero-order valence-electron chi connectivity index (χ0n) is 36.9. The minimum atomic E-state index is -0.557. The van der Waals surface area contributed by atoms with E-state index in [2.05, 4.69) is 249 Å². The topological polar surface area (TPSA) is 16.4 Å². The molecule has 1 heterocycles. The minimum Gasteiger partial charge on any atom is -0.456 e. The number of nitrogens with zero attached hydrogens (tertiary/aromatic N) is 1. The molecule has 0 N–H and O–H groups in total. The van der Waals surface area contributed by atoms with Gasteiger partial charge in [0.15, 0.2) is 0 Å². The first kappa shape index (κ1) is 38.3. The van der Waals surface area contributed by atoms with Gasteiger partial charge in [-0.15, -0.1) is 0 Å². The number of fused-ring (bicyclic) bond motifs is 9. The molecule has 0 aliphatic heterocycles. The fourth-order valence-electron chi connectivity index (χ4n) is 11.5. The zero-order chi connectivity index (χ0) is 44.0. The predicted octanol–water partition coefficient (Wildman–Crippen LogP) is 17.1. The lowest BCUT2D eigenvalue weighted by molar-refractivity contribution is 0.660. The molecule has 10 aromatic carbocycles. The molecular weight excluding hydrogens is 799 g/mol. The second-order valence-corrected chi connectivity index (χ2v) is 18.4. The second kappa shape index (κ2) is 14.7. The van der Waals surface area contributed by atoms with E-state index in [9.17, 15) is 0 Å². The van der Waals surface area contributed by atoms with Crippen molar-refractivity contribution in [2.24, 2.45) is 0 Å². The van der Waals surface area contributed by atoms with Crippen LogP contribution < -0.4 is 4.90 Å². The smallest absolute Gasteiger partial charge is 0.137 e. The summed E-state index contributed by atoms with van der Waals surface area (Å²) >= 11 is 0. The van der Waals surface area contributed by atoms with Gasteiger partial charge in [-0.05, 0) is 126 Å². The Bertz CT molecular complexity index is 3680. The standard InChI is InChI=1S/C64H45NO/c1-63(2)56-30-15-13-29-53(56)62-54(43-21-8-4-9-22-43)39-49(40-59(62)63)65(48-33-35-52-51-28-14-17-32-60(51)66-61(52)41-48)47-34-36-58-55(38-47)50-27-12-16-31-57(50)64(58,45-24-10-5-11-25-45)46-26-18-23-44(37-46)42-19-6-3-7-20-42/h3-41H,1-2H3. The van der Waals surface area contributed by atoms with Crippen molar-refractivity contribution in [3.63, 3.8) is 0 Å². The molecule has 1 aromatic heterocycles. The lowest BCUT2D eigenvalue weighted by atomic mass is 9.67. The summed E-state index contributed by atoms with van der Waals surface area (Å²) in [7, 11) is 0. The Morgan fingerprint density at radius 2 is 0.909 bits per heavy atom. The van der Waals surface area contributed by atoms with E-state index in [0.717, 1.165) is 39.0 Å². The lowest BCUT2D eigenvalue weighted by Gasteiger charge is -2.34. The highest BCUT2D eigenvalue weighted by Gasteiger charge is 2.46. The zero-order valence-corrected chi connectivity index (χ0v) is 36.9. The van der Waals surface area contributed by atoms with Gasteiger partial charge in [0.2, 0.25) is 0 Å². The number of rotatable bonds is 7. The summed E-state index contributed by atoms with van der Waals surface area (Å²) in [5, 5.41) is 2.23. The highest BCUT2D eigenvalue weighted by Crippen LogP contribution is 2.59. The highest BCUT2D eigenvalue weighted by atomic mass is 16.3. The van der Waals surface area contributed by atoms with Crippen molar-refractivity contribution in [1.82, 2.24) is 0 Å². The van der Waals surface area contributed by atoms with Crippen LogP contribution in [0.3, 0.4) is 0 Å². The van der Waals surface area contributed by atoms with Gasteiger partial charge in [-0.2, -0.15) is 0 Å². The molecule has 0 saturated heterocycles. The summed E-state index contributed by atoms with van der Waals surface area (Å²) in [4.78, 5) is 2.46. The third-order valence-corrected chi connectivity index (χ3v) is 14.5. The molecule has 0 saturated carbocycles. The van der Waals surface area contributed by atoms with Gasteiger partial charge in [-0.1, -0.05) is 196 Å². The maximum atomic E-state index is 6.62. The molecular formula is C64H45NO. The van der Waals surface area contributed by atoms with E-state index >= 15 is 0 Å². The van der Waals surface area contributed by atoms with Gasteiger partial charge >= 0.3 is 0 Å². The number of benzene rings is 10. The SMILES string of the molecule is CC1(C)c2ccccc2-c2c(-c3ccccc3)cc(N(c3ccc4c(c3)-c3ccccc3C4(c3ccccc3)c3cccc(-c4ccccc4)c3)c3ccc4c(c3)oc3ccccc34)cc21. The third-order valence-electron chi connectivity index (χ3n) is 14.5. The van der Waals surface area contributed by atoms with Crippen LogP contribution in [0.15, 0.2) is 241 Å². The molecule has 312 valence electrons. The average Bonchev–Trinajstić information content (AvgIpc) is 3.98. The van der Waals surface area contributed by atoms with E-state index in [-0.39, 0.29) is 5.41 Å². The minimum absolute atomic E-state index is 0.222. The average molecular weight is 844 g/mol. The Morgan fingerprint density at radius 3 is 1.71 bits per heavy atom. The lowest BCUT2D eigenvalue weighted by Crippen LogP contribution is -2.28. The first-order valence-corrected chi connectivity index (χ1v) is 23.0. The van der Waals surface area contributed by atoms with Crippen LogP contribution in [0.4, 0.5) is 17.1 Å².